The van der Waals surface area contributed by atoms with E-state index < -0.39 is 0 Å². The molecule has 2 aromatic heterocycles. The van der Waals surface area contributed by atoms with Crippen LogP contribution in [0.5, 0.6) is 5.75 Å². The van der Waals surface area contributed by atoms with Crippen molar-refractivity contribution >= 4 is 28.3 Å². The molecule has 0 aliphatic rings. The number of hydrogen-bond donors (Lipinski definition) is 0. The van der Waals surface area contributed by atoms with Gasteiger partial charge in [0.15, 0.2) is 5.76 Å². The first-order chi connectivity index (χ1) is 12.7. The lowest BCUT2D eigenvalue weighted by Gasteiger charge is -2.09. The Morgan fingerprint density at radius 3 is 2.65 bits per heavy atom. The third kappa shape index (κ3) is 3.11. The van der Waals surface area contributed by atoms with Crippen molar-refractivity contribution < 1.29 is 13.9 Å². The van der Waals surface area contributed by atoms with Crippen LogP contribution in [0.3, 0.4) is 0 Å². The largest absolute Gasteiger partial charge is 0.490 e. The Morgan fingerprint density at radius 2 is 1.85 bits per heavy atom. The summed E-state index contributed by atoms with van der Waals surface area (Å²) < 4.78 is 13.1. The number of para-hydroxylation sites is 2. The Kier molecular flexibility index (Phi) is 4.50. The minimum Gasteiger partial charge on any atom is -0.490 e. The summed E-state index contributed by atoms with van der Waals surface area (Å²) in [5.74, 6) is 0.856. The first-order valence-electron chi connectivity index (χ1n) is 8.27. The molecule has 0 radical (unpaired) electrons. The van der Waals surface area contributed by atoms with Crippen LogP contribution < -0.4 is 4.74 Å². The topological polar surface area (TPSA) is 44.4 Å². The van der Waals surface area contributed by atoms with Gasteiger partial charge in [0.1, 0.15) is 12.4 Å². The van der Waals surface area contributed by atoms with Gasteiger partial charge in [0.2, 0.25) is 5.78 Å². The normalized spacial score (nSPS) is 11.0. The average Bonchev–Trinajstić information content (AvgIpc) is 3.31. The van der Waals surface area contributed by atoms with Crippen LogP contribution in [0, 0.1) is 0 Å². The van der Waals surface area contributed by atoms with Crippen LogP contribution >= 0.6 is 11.6 Å². The second-order valence-corrected chi connectivity index (χ2v) is 6.25. The predicted molar refractivity (Wildman–Crippen MR) is 101 cm³/mol. The van der Waals surface area contributed by atoms with Crippen LogP contribution in [0.1, 0.15) is 16.1 Å². The maximum absolute atomic E-state index is 12.7. The molecule has 5 heteroatoms. The number of aromatic nitrogens is 1. The number of carbonyl (C=O) groups excluding carboxylic acids is 1. The zero-order valence-corrected chi connectivity index (χ0v) is 14.6. The molecule has 0 spiro atoms. The Hall–Kier alpha value is -2.98. The van der Waals surface area contributed by atoms with E-state index >= 15 is 0 Å². The van der Waals surface area contributed by atoms with E-state index in [0.717, 1.165) is 10.9 Å². The number of benzene rings is 2. The van der Waals surface area contributed by atoms with Gasteiger partial charge in [0.25, 0.3) is 0 Å². The fourth-order valence-electron chi connectivity index (χ4n) is 2.97. The maximum atomic E-state index is 12.7. The molecule has 2 heterocycles. The van der Waals surface area contributed by atoms with Crippen LogP contribution in [0.15, 0.2) is 77.5 Å². The van der Waals surface area contributed by atoms with Gasteiger partial charge in [-0.25, -0.2) is 0 Å². The molecule has 4 nitrogen and oxygen atoms in total. The van der Waals surface area contributed by atoms with E-state index in [-0.39, 0.29) is 5.78 Å². The number of furan rings is 1. The minimum atomic E-state index is -0.128. The van der Waals surface area contributed by atoms with Crippen LogP contribution in [0.2, 0.25) is 5.02 Å². The van der Waals surface area contributed by atoms with E-state index in [9.17, 15) is 4.79 Å². The number of halogens is 1. The summed E-state index contributed by atoms with van der Waals surface area (Å²) >= 11 is 6.12. The summed E-state index contributed by atoms with van der Waals surface area (Å²) in [5, 5.41) is 1.48. The Labute approximate surface area is 155 Å². The van der Waals surface area contributed by atoms with Crippen LogP contribution in [-0.4, -0.2) is 17.0 Å². The smallest absolute Gasteiger partial charge is 0.230 e. The number of fused-ring (bicyclic) bond motifs is 1. The lowest BCUT2D eigenvalue weighted by molar-refractivity contribution is 0.101. The van der Waals surface area contributed by atoms with Gasteiger partial charge in [-0.15, -0.1) is 0 Å². The van der Waals surface area contributed by atoms with Crippen molar-refractivity contribution in [2.75, 3.05) is 6.61 Å². The number of carbonyl (C=O) groups is 1. The maximum Gasteiger partial charge on any atom is 0.230 e. The summed E-state index contributed by atoms with van der Waals surface area (Å²) in [7, 11) is 0. The molecule has 0 atom stereocenters. The Bertz CT molecular complexity index is 1050. The van der Waals surface area contributed by atoms with Gasteiger partial charge < -0.3 is 13.7 Å². The molecule has 130 valence electrons. The van der Waals surface area contributed by atoms with Gasteiger partial charge in [-0.1, -0.05) is 41.9 Å². The summed E-state index contributed by atoms with van der Waals surface area (Å²) in [4.78, 5) is 12.7. The first kappa shape index (κ1) is 16.5. The average molecular weight is 366 g/mol. The molecule has 0 bridgehead atoms. The second-order valence-electron chi connectivity index (χ2n) is 5.84. The van der Waals surface area contributed by atoms with E-state index in [1.165, 1.54) is 6.26 Å². The van der Waals surface area contributed by atoms with Crippen molar-refractivity contribution in [2.45, 2.75) is 6.54 Å². The zero-order valence-electron chi connectivity index (χ0n) is 13.9. The summed E-state index contributed by atoms with van der Waals surface area (Å²) in [5.41, 5.74) is 1.60. The quantitative estimate of drug-likeness (QED) is 0.441. The van der Waals surface area contributed by atoms with Gasteiger partial charge in [-0.3, -0.25) is 4.79 Å². The number of ketones is 1. The standard InChI is InChI=1S/C21H16ClNO3/c22-17-7-2-4-9-19(17)26-13-11-23-14-16(15-6-1-3-8-18(15)23)21(24)20-10-5-12-25-20/h1-10,12,14H,11,13H2. The van der Waals surface area contributed by atoms with E-state index in [2.05, 4.69) is 0 Å². The Balaban J connectivity index is 1.60. The van der Waals surface area contributed by atoms with E-state index in [1.54, 1.807) is 18.2 Å². The predicted octanol–water partition coefficient (Wildman–Crippen LogP) is 5.20. The molecule has 4 aromatic rings. The molecule has 2 aromatic carbocycles. The highest BCUT2D eigenvalue weighted by molar-refractivity contribution is 6.32. The molecule has 26 heavy (non-hydrogen) atoms. The molecule has 0 aliphatic heterocycles. The third-order valence-electron chi connectivity index (χ3n) is 4.20. The fourth-order valence-corrected chi connectivity index (χ4v) is 3.16. The first-order valence-corrected chi connectivity index (χ1v) is 8.65. The van der Waals surface area contributed by atoms with Crippen LogP contribution in [-0.2, 0) is 6.54 Å². The number of nitrogens with zero attached hydrogens (tertiary/aromatic N) is 1. The van der Waals surface area contributed by atoms with E-state index in [4.69, 9.17) is 20.8 Å². The molecule has 0 aliphatic carbocycles. The molecule has 0 unspecified atom stereocenters. The monoisotopic (exact) mass is 365 g/mol. The van der Waals surface area contributed by atoms with Gasteiger partial charge >= 0.3 is 0 Å². The van der Waals surface area contributed by atoms with Crippen LogP contribution in [0.25, 0.3) is 10.9 Å². The lowest BCUT2D eigenvalue weighted by Crippen LogP contribution is -2.07. The summed E-state index contributed by atoms with van der Waals surface area (Å²) in [6, 6.07) is 18.6. The number of ether oxygens (including phenoxy) is 1. The SMILES string of the molecule is O=C(c1ccco1)c1cn(CCOc2ccccc2Cl)c2ccccc12. The van der Waals surface area contributed by atoms with Crippen molar-refractivity contribution in [3.05, 3.63) is 89.5 Å². The number of rotatable bonds is 6. The van der Waals surface area contributed by atoms with Crippen molar-refractivity contribution in [3.8, 4) is 5.75 Å². The summed E-state index contributed by atoms with van der Waals surface area (Å²) in [6.07, 6.45) is 3.36. The minimum absolute atomic E-state index is 0.128. The van der Waals surface area contributed by atoms with Crippen molar-refractivity contribution in [1.82, 2.24) is 4.57 Å². The second kappa shape index (κ2) is 7.10. The molecular formula is C21H16ClNO3. The van der Waals surface area contributed by atoms with Crippen molar-refractivity contribution in [1.29, 1.82) is 0 Å². The molecule has 0 saturated carbocycles. The van der Waals surface area contributed by atoms with Gasteiger partial charge in [0, 0.05) is 17.1 Å². The van der Waals surface area contributed by atoms with E-state index in [0.29, 0.717) is 35.2 Å². The van der Waals surface area contributed by atoms with Crippen molar-refractivity contribution in [2.24, 2.45) is 0 Å². The van der Waals surface area contributed by atoms with E-state index in [1.807, 2.05) is 53.2 Å². The number of hydrogen-bond acceptors (Lipinski definition) is 3. The molecular weight excluding hydrogens is 350 g/mol. The Morgan fingerprint density at radius 1 is 1.04 bits per heavy atom. The lowest BCUT2D eigenvalue weighted by atomic mass is 10.1. The highest BCUT2D eigenvalue weighted by atomic mass is 35.5. The van der Waals surface area contributed by atoms with Gasteiger partial charge in [0.05, 0.1) is 23.4 Å². The fraction of sp³-hybridized carbons (Fsp3) is 0.0952. The summed E-state index contributed by atoms with van der Waals surface area (Å²) in [6.45, 7) is 1.04. The highest BCUT2D eigenvalue weighted by Gasteiger charge is 2.18. The molecule has 0 amide bonds. The molecule has 4 rings (SSSR count). The molecule has 0 fully saturated rings. The van der Waals surface area contributed by atoms with Gasteiger partial charge in [-0.2, -0.15) is 0 Å². The molecule has 0 N–H and O–H groups in total. The third-order valence-corrected chi connectivity index (χ3v) is 4.52. The van der Waals surface area contributed by atoms with Gasteiger partial charge in [-0.05, 0) is 30.3 Å². The van der Waals surface area contributed by atoms with Crippen LogP contribution in [0.4, 0.5) is 0 Å². The zero-order chi connectivity index (χ0) is 17.9. The highest BCUT2D eigenvalue weighted by Crippen LogP contribution is 2.25. The molecule has 0 saturated heterocycles. The van der Waals surface area contributed by atoms with Crippen molar-refractivity contribution in [3.63, 3.8) is 0 Å².